The van der Waals surface area contributed by atoms with Crippen LogP contribution in [0.5, 0.6) is 5.75 Å². The van der Waals surface area contributed by atoms with Gasteiger partial charge >= 0.3 is 5.97 Å². The Morgan fingerprint density at radius 2 is 1.70 bits per heavy atom. The second-order valence-electron chi connectivity index (χ2n) is 8.98. The van der Waals surface area contributed by atoms with E-state index in [2.05, 4.69) is 5.32 Å². The first kappa shape index (κ1) is 25.5. The lowest BCUT2D eigenvalue weighted by Gasteiger charge is -2.23. The van der Waals surface area contributed by atoms with Crippen LogP contribution in [0.15, 0.2) is 23.1 Å². The average molecular weight is 481 g/mol. The largest absolute Gasteiger partial charge is 0.496 e. The molecule has 1 amide bonds. The van der Waals surface area contributed by atoms with Gasteiger partial charge in [0, 0.05) is 19.6 Å². The van der Waals surface area contributed by atoms with Crippen LogP contribution in [0.2, 0.25) is 0 Å². The van der Waals surface area contributed by atoms with Gasteiger partial charge in [-0.15, -0.1) is 0 Å². The number of rotatable bonds is 8. The van der Waals surface area contributed by atoms with E-state index in [-0.39, 0.29) is 22.1 Å². The lowest BCUT2D eigenvalue weighted by molar-refractivity contribution is -0.129. The molecule has 1 atom stereocenters. The summed E-state index contributed by atoms with van der Waals surface area (Å²) in [6, 6.07) is 4.18. The molecule has 1 aromatic rings. The Bertz CT molecular complexity index is 919. The number of methoxy groups -OCH3 is 1. The van der Waals surface area contributed by atoms with E-state index in [0.717, 1.165) is 38.5 Å². The molecule has 184 valence electrons. The Morgan fingerprint density at radius 3 is 2.33 bits per heavy atom. The van der Waals surface area contributed by atoms with Gasteiger partial charge < -0.3 is 14.8 Å². The van der Waals surface area contributed by atoms with E-state index in [1.165, 1.54) is 55.8 Å². The maximum absolute atomic E-state index is 13.1. The normalized spacial score (nSPS) is 19.3. The summed E-state index contributed by atoms with van der Waals surface area (Å²) in [6.07, 6.45) is 8.45. The van der Waals surface area contributed by atoms with Gasteiger partial charge in [0.2, 0.25) is 10.0 Å². The highest BCUT2D eigenvalue weighted by Crippen LogP contribution is 2.27. The van der Waals surface area contributed by atoms with Crippen molar-refractivity contribution in [3.63, 3.8) is 0 Å². The van der Waals surface area contributed by atoms with Crippen molar-refractivity contribution in [1.29, 1.82) is 0 Å². The number of amides is 1. The maximum atomic E-state index is 13.1. The lowest BCUT2D eigenvalue weighted by Crippen LogP contribution is -2.38. The summed E-state index contributed by atoms with van der Waals surface area (Å²) in [5.74, 6) is -0.488. The van der Waals surface area contributed by atoms with Gasteiger partial charge in [0.05, 0.1) is 12.0 Å². The number of sulfonamides is 1. The number of nitrogens with one attached hydrogen (secondary N) is 1. The van der Waals surface area contributed by atoms with Crippen LogP contribution in [-0.2, 0) is 19.6 Å². The number of nitrogens with zero attached hydrogens (tertiary/aromatic N) is 1. The van der Waals surface area contributed by atoms with Gasteiger partial charge in [-0.2, -0.15) is 4.31 Å². The molecule has 2 fully saturated rings. The molecule has 1 saturated carbocycles. The van der Waals surface area contributed by atoms with E-state index in [9.17, 15) is 18.0 Å². The van der Waals surface area contributed by atoms with E-state index in [1.54, 1.807) is 0 Å². The highest BCUT2D eigenvalue weighted by Gasteiger charge is 2.28. The lowest BCUT2D eigenvalue weighted by atomic mass is 9.89. The third kappa shape index (κ3) is 6.69. The third-order valence-electron chi connectivity index (χ3n) is 6.54. The van der Waals surface area contributed by atoms with Crippen molar-refractivity contribution >= 4 is 21.9 Å². The SMILES string of the molecule is COc1ccc(S(=O)(=O)N2CCCCCC2)cc1C(=O)O[C@H](C)C(=O)NCC1CCCCC1. The molecule has 1 N–H and O–H groups in total. The fraction of sp³-hybridized carbons (Fsp3) is 0.667. The molecule has 0 bridgehead atoms. The first-order valence-electron chi connectivity index (χ1n) is 12.0. The van der Waals surface area contributed by atoms with Crippen LogP contribution in [0.3, 0.4) is 0 Å². The van der Waals surface area contributed by atoms with Crippen LogP contribution in [0.25, 0.3) is 0 Å². The smallest absolute Gasteiger partial charge is 0.342 e. The molecule has 0 aromatic heterocycles. The van der Waals surface area contributed by atoms with Crippen LogP contribution in [0.4, 0.5) is 0 Å². The topological polar surface area (TPSA) is 102 Å². The van der Waals surface area contributed by atoms with Crippen LogP contribution in [-0.4, -0.2) is 57.4 Å². The molecule has 1 heterocycles. The molecule has 1 aromatic carbocycles. The molecule has 0 radical (unpaired) electrons. The van der Waals surface area contributed by atoms with E-state index in [1.807, 2.05) is 0 Å². The number of ether oxygens (including phenoxy) is 2. The zero-order valence-electron chi connectivity index (χ0n) is 19.7. The molecule has 0 spiro atoms. The first-order valence-corrected chi connectivity index (χ1v) is 13.4. The monoisotopic (exact) mass is 480 g/mol. The number of benzene rings is 1. The Labute approximate surface area is 197 Å². The highest BCUT2D eigenvalue weighted by molar-refractivity contribution is 7.89. The summed E-state index contributed by atoms with van der Waals surface area (Å²) in [5, 5.41) is 2.87. The minimum atomic E-state index is -3.74. The quantitative estimate of drug-likeness (QED) is 0.572. The Balaban J connectivity index is 1.68. The summed E-state index contributed by atoms with van der Waals surface area (Å²) >= 11 is 0. The number of hydrogen-bond acceptors (Lipinski definition) is 6. The summed E-state index contributed by atoms with van der Waals surface area (Å²) in [5.41, 5.74) is -0.0136. The minimum absolute atomic E-state index is 0.0136. The maximum Gasteiger partial charge on any atom is 0.342 e. The molecule has 33 heavy (non-hydrogen) atoms. The van der Waals surface area contributed by atoms with Crippen molar-refractivity contribution in [1.82, 2.24) is 9.62 Å². The molecule has 3 rings (SSSR count). The van der Waals surface area contributed by atoms with Crippen LogP contribution in [0, 0.1) is 5.92 Å². The predicted molar refractivity (Wildman–Crippen MR) is 125 cm³/mol. The predicted octanol–water partition coefficient (Wildman–Crippen LogP) is 3.50. The molecular formula is C24H36N2O6S. The van der Waals surface area contributed by atoms with Crippen molar-refractivity contribution in [3.8, 4) is 5.75 Å². The molecule has 1 aliphatic carbocycles. The number of carbonyl (C=O) groups is 2. The molecule has 0 unspecified atom stereocenters. The van der Waals surface area contributed by atoms with Gasteiger partial charge in [-0.1, -0.05) is 32.1 Å². The van der Waals surface area contributed by atoms with Crippen LogP contribution in [0.1, 0.15) is 75.1 Å². The third-order valence-corrected chi connectivity index (χ3v) is 8.43. The zero-order valence-corrected chi connectivity index (χ0v) is 20.5. The summed E-state index contributed by atoms with van der Waals surface area (Å²) < 4.78 is 38.4. The fourth-order valence-electron chi connectivity index (χ4n) is 4.50. The van der Waals surface area contributed by atoms with Gasteiger partial charge in [0.1, 0.15) is 11.3 Å². The van der Waals surface area contributed by atoms with E-state index in [4.69, 9.17) is 9.47 Å². The number of esters is 1. The van der Waals surface area contributed by atoms with E-state index in [0.29, 0.717) is 25.6 Å². The van der Waals surface area contributed by atoms with Gasteiger partial charge in [-0.25, -0.2) is 13.2 Å². The highest BCUT2D eigenvalue weighted by atomic mass is 32.2. The van der Waals surface area contributed by atoms with Crippen LogP contribution >= 0.6 is 0 Å². The zero-order chi connectivity index (χ0) is 23.8. The van der Waals surface area contributed by atoms with Gasteiger partial charge in [-0.3, -0.25) is 4.79 Å². The standard InChI is InChI=1S/C24H36N2O6S/c1-18(23(27)25-17-19-10-6-5-7-11-19)32-24(28)21-16-20(12-13-22(21)31-2)33(29,30)26-14-8-3-4-9-15-26/h12-13,16,18-19H,3-11,14-15,17H2,1-2H3,(H,25,27)/t18-/m1/s1. The molecule has 1 saturated heterocycles. The Kier molecular flexibility index (Phi) is 9.14. The van der Waals surface area contributed by atoms with Crippen molar-refractivity contribution in [2.75, 3.05) is 26.7 Å². The summed E-state index contributed by atoms with van der Waals surface area (Å²) in [4.78, 5) is 25.3. The second-order valence-corrected chi connectivity index (χ2v) is 10.9. The fourth-order valence-corrected chi connectivity index (χ4v) is 6.04. The van der Waals surface area contributed by atoms with Crippen molar-refractivity contribution in [2.24, 2.45) is 5.92 Å². The molecule has 2 aliphatic rings. The van der Waals surface area contributed by atoms with Gasteiger partial charge in [0.25, 0.3) is 5.91 Å². The molecule has 8 nitrogen and oxygen atoms in total. The van der Waals surface area contributed by atoms with Gasteiger partial charge in [-0.05, 0) is 56.7 Å². The minimum Gasteiger partial charge on any atom is -0.496 e. The Hall–Kier alpha value is -2.13. The first-order chi connectivity index (χ1) is 15.8. The van der Waals surface area contributed by atoms with Crippen molar-refractivity contribution < 1.29 is 27.5 Å². The molecular weight excluding hydrogens is 444 g/mol. The summed E-state index contributed by atoms with van der Waals surface area (Å²) in [6.45, 7) is 3.02. The Morgan fingerprint density at radius 1 is 1.06 bits per heavy atom. The van der Waals surface area contributed by atoms with Crippen LogP contribution < -0.4 is 10.1 Å². The van der Waals surface area contributed by atoms with Gasteiger partial charge in [0.15, 0.2) is 6.10 Å². The summed E-state index contributed by atoms with van der Waals surface area (Å²) in [7, 11) is -2.34. The number of hydrogen-bond donors (Lipinski definition) is 1. The van der Waals surface area contributed by atoms with Crippen molar-refractivity contribution in [3.05, 3.63) is 23.8 Å². The molecule has 9 heteroatoms. The average Bonchev–Trinajstić information content (AvgIpc) is 3.13. The van der Waals surface area contributed by atoms with E-state index < -0.39 is 22.1 Å². The second kappa shape index (κ2) is 11.8. The van der Waals surface area contributed by atoms with Crippen molar-refractivity contribution in [2.45, 2.75) is 75.7 Å². The van der Waals surface area contributed by atoms with E-state index >= 15 is 0 Å². The number of carbonyl (C=O) groups excluding carboxylic acids is 2. The molecule has 1 aliphatic heterocycles.